The molecule has 1 saturated heterocycles. The molecule has 10 heteroatoms. The molecule has 2 aromatic rings. The largest absolute Gasteiger partial charge is 0.494 e. The van der Waals surface area contributed by atoms with E-state index in [4.69, 9.17) is 14.2 Å². The van der Waals surface area contributed by atoms with E-state index in [1.54, 1.807) is 24.3 Å². The lowest BCUT2D eigenvalue weighted by molar-refractivity contribution is -0.123. The van der Waals surface area contributed by atoms with Crippen molar-refractivity contribution in [3.8, 4) is 11.5 Å². The van der Waals surface area contributed by atoms with E-state index in [-0.39, 0.29) is 17.4 Å². The normalized spacial score (nSPS) is 14.5. The number of carbonyl (C=O) groups excluding carboxylic acids is 1. The lowest BCUT2D eigenvalue weighted by Gasteiger charge is -2.26. The Morgan fingerprint density at radius 2 is 1.64 bits per heavy atom. The first-order chi connectivity index (χ1) is 16.0. The van der Waals surface area contributed by atoms with Gasteiger partial charge in [-0.25, -0.2) is 8.42 Å². The first-order valence-electron chi connectivity index (χ1n) is 11.0. The van der Waals surface area contributed by atoms with Crippen LogP contribution in [0.1, 0.15) is 13.3 Å². The number of nitrogens with zero attached hydrogens (tertiary/aromatic N) is 1. The number of anilines is 1. The van der Waals surface area contributed by atoms with Crippen LogP contribution in [-0.4, -0.2) is 71.8 Å². The van der Waals surface area contributed by atoms with Crippen molar-refractivity contribution in [1.29, 1.82) is 0 Å². The van der Waals surface area contributed by atoms with Crippen molar-refractivity contribution in [2.45, 2.75) is 18.2 Å². The number of carbonyl (C=O) groups is 1. The topological polar surface area (TPSA) is 106 Å². The summed E-state index contributed by atoms with van der Waals surface area (Å²) in [6, 6.07) is 12.6. The Bertz CT molecular complexity index is 974. The fraction of sp³-hybridized carbons (Fsp3) is 0.435. The average molecular weight is 478 g/mol. The van der Waals surface area contributed by atoms with Crippen LogP contribution < -0.4 is 19.5 Å². The number of benzene rings is 2. The van der Waals surface area contributed by atoms with Crippen molar-refractivity contribution >= 4 is 21.6 Å². The number of ether oxygens (including phenoxy) is 3. The number of hydrogen-bond donors (Lipinski definition) is 2. The second-order valence-corrected chi connectivity index (χ2v) is 9.16. The van der Waals surface area contributed by atoms with Gasteiger partial charge in [0.05, 0.1) is 24.7 Å². The Labute approximate surface area is 195 Å². The standard InChI is InChI=1S/C23H31N3O6S/c1-2-31-20-6-4-19(5-7-20)25-33(28,29)22-10-8-21(9-11-22)32-18-23(27)24-12-3-13-26-14-16-30-17-15-26/h4-11,25H,2-3,12-18H2,1H3,(H,24,27). The zero-order chi connectivity index (χ0) is 23.5. The zero-order valence-electron chi connectivity index (χ0n) is 18.8. The number of hydrogen-bond acceptors (Lipinski definition) is 7. The first kappa shape index (κ1) is 24.8. The molecule has 0 unspecified atom stereocenters. The Morgan fingerprint density at radius 3 is 2.30 bits per heavy atom. The summed E-state index contributed by atoms with van der Waals surface area (Å²) in [5.41, 5.74) is 0.434. The van der Waals surface area contributed by atoms with Gasteiger partial charge >= 0.3 is 0 Å². The predicted molar refractivity (Wildman–Crippen MR) is 125 cm³/mol. The van der Waals surface area contributed by atoms with Gasteiger partial charge in [0.25, 0.3) is 15.9 Å². The van der Waals surface area contributed by atoms with Crippen LogP contribution >= 0.6 is 0 Å². The summed E-state index contributed by atoms with van der Waals surface area (Å²) >= 11 is 0. The maximum atomic E-state index is 12.6. The minimum Gasteiger partial charge on any atom is -0.494 e. The Hall–Kier alpha value is -2.82. The smallest absolute Gasteiger partial charge is 0.261 e. The highest BCUT2D eigenvalue weighted by Crippen LogP contribution is 2.21. The summed E-state index contributed by atoms with van der Waals surface area (Å²) < 4.78 is 43.9. The van der Waals surface area contributed by atoms with Crippen LogP contribution in [-0.2, 0) is 19.6 Å². The minimum absolute atomic E-state index is 0.0938. The molecule has 0 radical (unpaired) electrons. The molecular weight excluding hydrogens is 446 g/mol. The van der Waals surface area contributed by atoms with E-state index in [0.29, 0.717) is 30.3 Å². The average Bonchev–Trinajstić information content (AvgIpc) is 2.83. The quantitative estimate of drug-likeness (QED) is 0.451. The molecule has 1 aliphatic rings. The SMILES string of the molecule is CCOc1ccc(NS(=O)(=O)c2ccc(OCC(=O)NCCCN3CCOCC3)cc2)cc1. The summed E-state index contributed by atoms with van der Waals surface area (Å²) in [5, 5.41) is 2.83. The van der Waals surface area contributed by atoms with Gasteiger partial charge in [0.2, 0.25) is 0 Å². The van der Waals surface area contributed by atoms with E-state index < -0.39 is 10.0 Å². The fourth-order valence-electron chi connectivity index (χ4n) is 3.27. The van der Waals surface area contributed by atoms with Crippen LogP contribution in [0, 0.1) is 0 Å². The molecule has 2 N–H and O–H groups in total. The minimum atomic E-state index is -3.75. The number of sulfonamides is 1. The van der Waals surface area contributed by atoms with Gasteiger partial charge < -0.3 is 19.5 Å². The fourth-order valence-corrected chi connectivity index (χ4v) is 4.33. The number of amides is 1. The van der Waals surface area contributed by atoms with E-state index in [2.05, 4.69) is 14.9 Å². The predicted octanol–water partition coefficient (Wildman–Crippen LogP) is 2.10. The summed E-state index contributed by atoms with van der Waals surface area (Å²) in [5.74, 6) is 0.868. The Kier molecular flexibility index (Phi) is 9.35. The van der Waals surface area contributed by atoms with Gasteiger partial charge in [-0.15, -0.1) is 0 Å². The molecular formula is C23H31N3O6S. The highest BCUT2D eigenvalue weighted by Gasteiger charge is 2.15. The van der Waals surface area contributed by atoms with Crippen molar-refractivity contribution in [2.75, 3.05) is 57.3 Å². The molecule has 3 rings (SSSR count). The summed E-state index contributed by atoms with van der Waals surface area (Å²) in [6.07, 6.45) is 0.861. The summed E-state index contributed by atoms with van der Waals surface area (Å²) in [4.78, 5) is 14.4. The third-order valence-electron chi connectivity index (χ3n) is 5.00. The zero-order valence-corrected chi connectivity index (χ0v) is 19.6. The molecule has 0 bridgehead atoms. The van der Waals surface area contributed by atoms with Crippen molar-refractivity contribution in [2.24, 2.45) is 0 Å². The van der Waals surface area contributed by atoms with E-state index in [0.717, 1.165) is 39.3 Å². The second kappa shape index (κ2) is 12.4. The second-order valence-electron chi connectivity index (χ2n) is 7.48. The van der Waals surface area contributed by atoms with Gasteiger partial charge in [-0.1, -0.05) is 0 Å². The monoisotopic (exact) mass is 477 g/mol. The molecule has 0 spiro atoms. The maximum Gasteiger partial charge on any atom is 0.261 e. The van der Waals surface area contributed by atoms with Crippen LogP contribution in [0.2, 0.25) is 0 Å². The van der Waals surface area contributed by atoms with Crippen molar-refractivity contribution in [3.63, 3.8) is 0 Å². The molecule has 2 aromatic carbocycles. The molecule has 0 aliphatic carbocycles. The molecule has 180 valence electrons. The van der Waals surface area contributed by atoms with Crippen LogP contribution in [0.25, 0.3) is 0 Å². The number of nitrogens with one attached hydrogen (secondary N) is 2. The molecule has 0 saturated carbocycles. The van der Waals surface area contributed by atoms with Crippen molar-refractivity contribution < 1.29 is 27.4 Å². The van der Waals surface area contributed by atoms with Gasteiger partial charge in [-0.3, -0.25) is 14.4 Å². The van der Waals surface area contributed by atoms with Crippen molar-refractivity contribution in [3.05, 3.63) is 48.5 Å². The van der Waals surface area contributed by atoms with E-state index >= 15 is 0 Å². The number of morpholine rings is 1. The maximum absolute atomic E-state index is 12.6. The summed E-state index contributed by atoms with van der Waals surface area (Å²) in [6.45, 7) is 7.17. The van der Waals surface area contributed by atoms with E-state index in [1.165, 1.54) is 24.3 Å². The Morgan fingerprint density at radius 1 is 1.00 bits per heavy atom. The third-order valence-corrected chi connectivity index (χ3v) is 6.40. The molecule has 1 aliphatic heterocycles. The molecule has 1 amide bonds. The van der Waals surface area contributed by atoms with Gasteiger partial charge in [0.15, 0.2) is 6.61 Å². The van der Waals surface area contributed by atoms with Crippen molar-refractivity contribution in [1.82, 2.24) is 10.2 Å². The molecule has 0 aromatic heterocycles. The third kappa shape index (κ3) is 8.23. The molecule has 33 heavy (non-hydrogen) atoms. The molecule has 0 atom stereocenters. The van der Waals surface area contributed by atoms with Crippen LogP contribution in [0.15, 0.2) is 53.4 Å². The van der Waals surface area contributed by atoms with E-state index in [1.807, 2.05) is 6.92 Å². The van der Waals surface area contributed by atoms with Gasteiger partial charge in [-0.05, 0) is 68.4 Å². The Balaban J connectivity index is 1.40. The lowest BCUT2D eigenvalue weighted by Crippen LogP contribution is -2.38. The van der Waals surface area contributed by atoms with E-state index in [9.17, 15) is 13.2 Å². The molecule has 9 nitrogen and oxygen atoms in total. The van der Waals surface area contributed by atoms with Crippen LogP contribution in [0.3, 0.4) is 0 Å². The summed E-state index contributed by atoms with van der Waals surface area (Å²) in [7, 11) is -3.75. The number of rotatable bonds is 12. The van der Waals surface area contributed by atoms with Gasteiger partial charge in [0.1, 0.15) is 11.5 Å². The highest BCUT2D eigenvalue weighted by molar-refractivity contribution is 7.92. The highest BCUT2D eigenvalue weighted by atomic mass is 32.2. The molecule has 1 fully saturated rings. The van der Waals surface area contributed by atoms with Crippen LogP contribution in [0.4, 0.5) is 5.69 Å². The first-order valence-corrected chi connectivity index (χ1v) is 12.5. The van der Waals surface area contributed by atoms with Gasteiger partial charge in [0, 0.05) is 25.3 Å². The van der Waals surface area contributed by atoms with Crippen LogP contribution in [0.5, 0.6) is 11.5 Å². The molecule has 1 heterocycles. The van der Waals surface area contributed by atoms with Gasteiger partial charge in [-0.2, -0.15) is 0 Å². The lowest BCUT2D eigenvalue weighted by atomic mass is 10.3.